The van der Waals surface area contributed by atoms with Crippen LogP contribution < -0.4 is 0 Å². The van der Waals surface area contributed by atoms with Gasteiger partial charge in [0.05, 0.1) is 5.92 Å². The number of fused-ring (bicyclic) bond motifs is 3. The van der Waals surface area contributed by atoms with E-state index in [0.29, 0.717) is 0 Å². The van der Waals surface area contributed by atoms with Gasteiger partial charge in [0, 0.05) is 5.02 Å². The monoisotopic (exact) mass is 272 g/mol. The van der Waals surface area contributed by atoms with Crippen molar-refractivity contribution in [3.8, 4) is 11.1 Å². The number of carbonyl (C=O) groups is 1. The van der Waals surface area contributed by atoms with Crippen molar-refractivity contribution >= 4 is 17.6 Å². The van der Waals surface area contributed by atoms with Crippen LogP contribution in [0.2, 0.25) is 5.02 Å². The molecule has 0 heterocycles. The van der Waals surface area contributed by atoms with Gasteiger partial charge in [-0.1, -0.05) is 35.9 Å². The van der Waals surface area contributed by atoms with Gasteiger partial charge in [-0.15, -0.1) is 0 Å². The van der Waals surface area contributed by atoms with E-state index < -0.39 is 11.9 Å². The van der Waals surface area contributed by atoms with Gasteiger partial charge in [-0.25, -0.2) is 0 Å². The van der Waals surface area contributed by atoms with Gasteiger partial charge < -0.3 is 5.11 Å². The van der Waals surface area contributed by atoms with Crippen LogP contribution in [0.15, 0.2) is 36.4 Å². The fourth-order valence-electron chi connectivity index (χ4n) is 2.59. The summed E-state index contributed by atoms with van der Waals surface area (Å²) in [6.07, 6.45) is 0.849. The molecule has 1 aliphatic rings. The zero-order chi connectivity index (χ0) is 13.6. The maximum atomic E-state index is 11.0. The molecule has 0 saturated carbocycles. The third-order valence-corrected chi connectivity index (χ3v) is 3.98. The fourth-order valence-corrected chi connectivity index (χ4v) is 2.77. The minimum Gasteiger partial charge on any atom is -0.481 e. The number of rotatable bonds is 2. The highest BCUT2D eigenvalue weighted by Gasteiger charge is 2.21. The zero-order valence-electron chi connectivity index (χ0n) is 10.5. The van der Waals surface area contributed by atoms with Crippen LogP contribution in [0.3, 0.4) is 0 Å². The number of hydrogen-bond acceptors (Lipinski definition) is 1. The molecule has 1 atom stereocenters. The van der Waals surface area contributed by atoms with Crippen molar-refractivity contribution in [3.63, 3.8) is 0 Å². The molecule has 1 unspecified atom stereocenters. The minimum absolute atomic E-state index is 0.474. The minimum atomic E-state index is -0.793. The summed E-state index contributed by atoms with van der Waals surface area (Å²) >= 11 is 6.04. The number of benzene rings is 2. The Bertz CT molecular complexity index is 676. The van der Waals surface area contributed by atoms with Gasteiger partial charge in [-0.05, 0) is 53.3 Å². The Kier molecular flexibility index (Phi) is 2.83. The predicted molar refractivity (Wildman–Crippen MR) is 75.7 cm³/mol. The largest absolute Gasteiger partial charge is 0.481 e. The topological polar surface area (TPSA) is 37.3 Å². The zero-order valence-corrected chi connectivity index (χ0v) is 11.2. The van der Waals surface area contributed by atoms with Crippen molar-refractivity contribution in [3.05, 3.63) is 58.1 Å². The van der Waals surface area contributed by atoms with E-state index in [1.54, 1.807) is 6.92 Å². The van der Waals surface area contributed by atoms with Gasteiger partial charge in [0.25, 0.3) is 0 Å². The Hall–Kier alpha value is -1.80. The summed E-state index contributed by atoms with van der Waals surface area (Å²) < 4.78 is 0. The van der Waals surface area contributed by atoms with E-state index in [9.17, 15) is 4.79 Å². The molecule has 0 fully saturated rings. The Labute approximate surface area is 116 Å². The third kappa shape index (κ3) is 2.02. The lowest BCUT2D eigenvalue weighted by atomic mass is 9.96. The highest BCUT2D eigenvalue weighted by atomic mass is 35.5. The molecule has 2 nitrogen and oxygen atoms in total. The summed E-state index contributed by atoms with van der Waals surface area (Å²) in [7, 11) is 0. The standard InChI is InChI=1S/C16H13ClO2/c1-9(16(18)19)10-3-5-14-12(6-10)7-11-2-4-13(17)8-15(11)14/h2-6,8-9H,7H2,1H3,(H,18,19). The van der Waals surface area contributed by atoms with Crippen LogP contribution >= 0.6 is 11.6 Å². The lowest BCUT2D eigenvalue weighted by molar-refractivity contribution is -0.138. The molecule has 0 spiro atoms. The normalized spacial score (nSPS) is 13.8. The quantitative estimate of drug-likeness (QED) is 0.763. The summed E-state index contributed by atoms with van der Waals surface area (Å²) in [5.41, 5.74) is 5.61. The first kappa shape index (κ1) is 12.2. The van der Waals surface area contributed by atoms with E-state index >= 15 is 0 Å². The molecule has 0 radical (unpaired) electrons. The first-order valence-electron chi connectivity index (χ1n) is 6.20. The number of aliphatic carboxylic acids is 1. The number of carboxylic acid groups (broad SMARTS) is 1. The van der Waals surface area contributed by atoms with E-state index in [2.05, 4.69) is 0 Å². The van der Waals surface area contributed by atoms with E-state index in [-0.39, 0.29) is 0 Å². The summed E-state index contributed by atoms with van der Waals surface area (Å²) in [6.45, 7) is 1.71. The summed E-state index contributed by atoms with van der Waals surface area (Å²) in [5.74, 6) is -1.27. The molecule has 96 valence electrons. The average molecular weight is 273 g/mol. The van der Waals surface area contributed by atoms with Crippen LogP contribution in [-0.2, 0) is 11.2 Å². The predicted octanol–water partition coefficient (Wildman–Crippen LogP) is 4.10. The van der Waals surface area contributed by atoms with Crippen molar-refractivity contribution < 1.29 is 9.90 Å². The number of hydrogen-bond donors (Lipinski definition) is 1. The molecular weight excluding hydrogens is 260 g/mol. The van der Waals surface area contributed by atoms with Gasteiger partial charge in [0.1, 0.15) is 0 Å². The van der Waals surface area contributed by atoms with E-state index in [1.807, 2.05) is 36.4 Å². The number of halogens is 1. The molecule has 0 bridgehead atoms. The van der Waals surface area contributed by atoms with Crippen LogP contribution in [-0.4, -0.2) is 11.1 Å². The third-order valence-electron chi connectivity index (χ3n) is 3.74. The highest BCUT2D eigenvalue weighted by molar-refractivity contribution is 6.31. The molecule has 19 heavy (non-hydrogen) atoms. The highest BCUT2D eigenvalue weighted by Crippen LogP contribution is 2.39. The Morgan fingerprint density at radius 3 is 2.68 bits per heavy atom. The summed E-state index contributed by atoms with van der Waals surface area (Å²) in [6, 6.07) is 11.8. The second kappa shape index (κ2) is 4.39. The van der Waals surface area contributed by atoms with Crippen LogP contribution in [0.4, 0.5) is 0 Å². The average Bonchev–Trinajstić information content (AvgIpc) is 2.74. The smallest absolute Gasteiger partial charge is 0.310 e. The van der Waals surface area contributed by atoms with E-state index in [1.165, 1.54) is 16.7 Å². The second-order valence-electron chi connectivity index (χ2n) is 4.95. The Morgan fingerprint density at radius 1 is 1.16 bits per heavy atom. The first-order chi connectivity index (χ1) is 9.06. The summed E-state index contributed by atoms with van der Waals surface area (Å²) in [5, 5.41) is 9.81. The molecular formula is C16H13ClO2. The molecule has 0 amide bonds. The van der Waals surface area contributed by atoms with Gasteiger partial charge >= 0.3 is 5.97 Å². The van der Waals surface area contributed by atoms with E-state index in [4.69, 9.17) is 16.7 Å². The lowest BCUT2D eigenvalue weighted by Crippen LogP contribution is -2.07. The van der Waals surface area contributed by atoms with Crippen molar-refractivity contribution in [1.82, 2.24) is 0 Å². The molecule has 2 aromatic carbocycles. The molecule has 1 aliphatic carbocycles. The van der Waals surface area contributed by atoms with Crippen LogP contribution in [0.5, 0.6) is 0 Å². The lowest BCUT2D eigenvalue weighted by Gasteiger charge is -2.09. The summed E-state index contributed by atoms with van der Waals surface area (Å²) in [4.78, 5) is 11.0. The van der Waals surface area contributed by atoms with Crippen LogP contribution in [0.1, 0.15) is 29.5 Å². The number of carboxylic acids is 1. The van der Waals surface area contributed by atoms with Gasteiger partial charge in [0.2, 0.25) is 0 Å². The maximum Gasteiger partial charge on any atom is 0.310 e. The van der Waals surface area contributed by atoms with Crippen LogP contribution in [0, 0.1) is 0 Å². The molecule has 3 heteroatoms. The Balaban J connectivity index is 2.07. The van der Waals surface area contributed by atoms with Gasteiger partial charge in [0.15, 0.2) is 0 Å². The second-order valence-corrected chi connectivity index (χ2v) is 5.39. The Morgan fingerprint density at radius 2 is 1.95 bits per heavy atom. The molecule has 1 N–H and O–H groups in total. The maximum absolute atomic E-state index is 11.0. The fraction of sp³-hybridized carbons (Fsp3) is 0.188. The van der Waals surface area contributed by atoms with Gasteiger partial charge in [-0.2, -0.15) is 0 Å². The molecule has 0 aromatic heterocycles. The van der Waals surface area contributed by atoms with Crippen molar-refractivity contribution in [2.24, 2.45) is 0 Å². The van der Waals surface area contributed by atoms with Crippen molar-refractivity contribution in [2.75, 3.05) is 0 Å². The molecule has 2 aromatic rings. The van der Waals surface area contributed by atoms with Crippen LogP contribution in [0.25, 0.3) is 11.1 Å². The van der Waals surface area contributed by atoms with Gasteiger partial charge in [-0.3, -0.25) is 4.79 Å². The SMILES string of the molecule is CC(C(=O)O)c1ccc2c(c1)Cc1ccc(Cl)cc1-2. The molecule has 0 aliphatic heterocycles. The molecule has 0 saturated heterocycles. The van der Waals surface area contributed by atoms with E-state index in [0.717, 1.165) is 22.6 Å². The first-order valence-corrected chi connectivity index (χ1v) is 6.58. The molecule has 3 rings (SSSR count). The van der Waals surface area contributed by atoms with Crippen molar-refractivity contribution in [1.29, 1.82) is 0 Å². The van der Waals surface area contributed by atoms with Crippen molar-refractivity contribution in [2.45, 2.75) is 19.3 Å².